The van der Waals surface area contributed by atoms with Gasteiger partial charge in [-0.2, -0.15) is 0 Å². The number of unbranched alkanes of at least 4 members (excludes halogenated alkanes) is 40. The van der Waals surface area contributed by atoms with Gasteiger partial charge in [0.25, 0.3) is 0 Å². The zero-order valence-electron chi connectivity index (χ0n) is 42.7. The molecule has 1 amide bonds. The molecule has 0 aromatic heterocycles. The van der Waals surface area contributed by atoms with Crippen molar-refractivity contribution in [2.75, 3.05) is 26.2 Å². The zero-order valence-corrected chi connectivity index (χ0v) is 42.7. The number of nitrogens with zero attached hydrogens (tertiary/aromatic N) is 2. The molecule has 0 N–H and O–H groups in total. The SMILES string of the molecule is CCCCCCCCCCCCCN(CCCCCCCCCCCCC)C(=O)C(CCC)N(CCCCCCCCCCCCC)CCCCCCCCCCCCC. The van der Waals surface area contributed by atoms with E-state index in [1.165, 1.54) is 283 Å². The van der Waals surface area contributed by atoms with Crippen LogP contribution < -0.4 is 0 Å². The van der Waals surface area contributed by atoms with Gasteiger partial charge >= 0.3 is 0 Å². The highest BCUT2D eigenvalue weighted by Gasteiger charge is 2.28. The minimum atomic E-state index is 0.0849. The van der Waals surface area contributed by atoms with E-state index in [1.54, 1.807) is 0 Å². The molecule has 0 heterocycles. The van der Waals surface area contributed by atoms with Gasteiger partial charge in [0.1, 0.15) is 0 Å². The first-order valence-electron chi connectivity index (χ1n) is 28.7. The fourth-order valence-electron chi connectivity index (χ4n) is 9.59. The Bertz CT molecular complexity index is 747. The van der Waals surface area contributed by atoms with E-state index >= 15 is 0 Å². The maximum atomic E-state index is 14.8. The Hall–Kier alpha value is -0.570. The van der Waals surface area contributed by atoms with Crippen LogP contribution in [0.1, 0.15) is 330 Å². The number of rotatable bonds is 52. The molecule has 1 unspecified atom stereocenters. The molecule has 0 aliphatic carbocycles. The molecule has 0 aliphatic rings. The third-order valence-corrected chi connectivity index (χ3v) is 13.8. The van der Waals surface area contributed by atoms with Gasteiger partial charge in [0.15, 0.2) is 0 Å². The van der Waals surface area contributed by atoms with E-state index < -0.39 is 0 Å². The van der Waals surface area contributed by atoms with Crippen LogP contribution >= 0.6 is 0 Å². The first-order chi connectivity index (χ1) is 29.7. The third-order valence-electron chi connectivity index (χ3n) is 13.8. The standard InChI is InChI=1S/C57H116N2O/c1-6-11-15-19-23-27-31-35-39-43-47-52-58(53-48-44-40-36-32-28-24-20-16-12-7-2)56(51-10-5)57(60)59(54-49-45-41-37-33-29-25-21-17-13-8-3)55-50-46-42-38-34-30-26-22-18-14-9-4/h56H,6-55H2,1-5H3. The highest BCUT2D eigenvalue weighted by molar-refractivity contribution is 5.82. The van der Waals surface area contributed by atoms with E-state index in [9.17, 15) is 4.79 Å². The van der Waals surface area contributed by atoms with Gasteiger partial charge in [-0.3, -0.25) is 9.69 Å². The van der Waals surface area contributed by atoms with Crippen LogP contribution in [-0.2, 0) is 4.79 Å². The van der Waals surface area contributed by atoms with Gasteiger partial charge in [0, 0.05) is 13.1 Å². The summed E-state index contributed by atoms with van der Waals surface area (Å²) >= 11 is 0. The second-order valence-corrected chi connectivity index (χ2v) is 19.8. The molecule has 3 nitrogen and oxygen atoms in total. The van der Waals surface area contributed by atoms with E-state index in [1.807, 2.05) is 0 Å². The number of carbonyl (C=O) groups excluding carboxylic acids is 1. The van der Waals surface area contributed by atoms with E-state index in [4.69, 9.17) is 0 Å². The molecule has 360 valence electrons. The van der Waals surface area contributed by atoms with Gasteiger partial charge in [-0.25, -0.2) is 0 Å². The monoisotopic (exact) mass is 845 g/mol. The maximum Gasteiger partial charge on any atom is 0.239 e. The van der Waals surface area contributed by atoms with Gasteiger partial charge in [-0.1, -0.05) is 298 Å². The first kappa shape index (κ1) is 59.4. The van der Waals surface area contributed by atoms with Crippen molar-refractivity contribution >= 4 is 5.91 Å². The van der Waals surface area contributed by atoms with Gasteiger partial charge in [-0.15, -0.1) is 0 Å². The Kier molecular flexibility index (Phi) is 50.6. The Morgan fingerprint density at radius 2 is 0.467 bits per heavy atom. The normalized spacial score (nSPS) is 12.2. The number of amides is 1. The van der Waals surface area contributed by atoms with E-state index in [-0.39, 0.29) is 6.04 Å². The van der Waals surface area contributed by atoms with Gasteiger partial charge in [0.05, 0.1) is 6.04 Å². The van der Waals surface area contributed by atoms with Crippen LogP contribution in [0.3, 0.4) is 0 Å². The summed E-state index contributed by atoms with van der Waals surface area (Å²) in [6.45, 7) is 15.8. The average Bonchev–Trinajstić information content (AvgIpc) is 3.26. The lowest BCUT2D eigenvalue weighted by Gasteiger charge is -2.35. The molecular weight excluding hydrogens is 729 g/mol. The molecule has 0 spiro atoms. The summed E-state index contributed by atoms with van der Waals surface area (Å²) < 4.78 is 0. The number of carbonyl (C=O) groups is 1. The Morgan fingerprint density at radius 3 is 0.683 bits per heavy atom. The summed E-state index contributed by atoms with van der Waals surface area (Å²) in [5.74, 6) is 0.488. The Morgan fingerprint density at radius 1 is 0.267 bits per heavy atom. The average molecular weight is 846 g/mol. The lowest BCUT2D eigenvalue weighted by atomic mass is 10.0. The number of hydrogen-bond donors (Lipinski definition) is 0. The van der Waals surface area contributed by atoms with Crippen LogP contribution in [0, 0.1) is 0 Å². The fourth-order valence-corrected chi connectivity index (χ4v) is 9.59. The predicted octanol–water partition coefficient (Wildman–Crippen LogP) is 19.5. The quantitative estimate of drug-likeness (QED) is 0.0570. The van der Waals surface area contributed by atoms with E-state index in [0.717, 1.165) is 39.0 Å². The lowest BCUT2D eigenvalue weighted by Crippen LogP contribution is -2.50. The van der Waals surface area contributed by atoms with Crippen molar-refractivity contribution in [3.8, 4) is 0 Å². The van der Waals surface area contributed by atoms with Gasteiger partial charge < -0.3 is 4.90 Å². The molecule has 60 heavy (non-hydrogen) atoms. The molecule has 0 aromatic rings. The summed E-state index contributed by atoms with van der Waals surface area (Å²) in [6.07, 6.45) is 62.8. The molecule has 0 rings (SSSR count). The number of hydrogen-bond acceptors (Lipinski definition) is 2. The van der Waals surface area contributed by atoms with Crippen LogP contribution in [0.2, 0.25) is 0 Å². The van der Waals surface area contributed by atoms with Crippen molar-refractivity contribution in [2.24, 2.45) is 0 Å². The van der Waals surface area contributed by atoms with Crippen LogP contribution in [0.4, 0.5) is 0 Å². The lowest BCUT2D eigenvalue weighted by molar-refractivity contribution is -0.137. The summed E-state index contributed by atoms with van der Waals surface area (Å²) in [7, 11) is 0. The topological polar surface area (TPSA) is 23.6 Å². The molecule has 1 atom stereocenters. The highest BCUT2D eigenvalue weighted by Crippen LogP contribution is 2.20. The van der Waals surface area contributed by atoms with Crippen molar-refractivity contribution in [1.82, 2.24) is 9.80 Å². The molecule has 3 heteroatoms. The second-order valence-electron chi connectivity index (χ2n) is 19.8. The maximum absolute atomic E-state index is 14.8. The van der Waals surface area contributed by atoms with Crippen LogP contribution in [0.25, 0.3) is 0 Å². The molecule has 0 saturated heterocycles. The van der Waals surface area contributed by atoms with Crippen molar-refractivity contribution in [3.63, 3.8) is 0 Å². The smallest absolute Gasteiger partial charge is 0.239 e. The molecule has 0 aromatic carbocycles. The summed E-state index contributed by atoms with van der Waals surface area (Å²) in [6, 6.07) is 0.0849. The minimum absolute atomic E-state index is 0.0849. The Balaban J connectivity index is 5.29. The van der Waals surface area contributed by atoms with Crippen molar-refractivity contribution in [3.05, 3.63) is 0 Å². The summed E-state index contributed by atoms with van der Waals surface area (Å²) in [5.41, 5.74) is 0. The minimum Gasteiger partial charge on any atom is -0.341 e. The third kappa shape index (κ3) is 41.4. The second kappa shape index (κ2) is 51.1. The predicted molar refractivity (Wildman–Crippen MR) is 273 cm³/mol. The Labute approximate surface area is 381 Å². The molecule has 0 saturated carbocycles. The molecule has 0 fully saturated rings. The zero-order chi connectivity index (χ0) is 43.7. The molecule has 0 aliphatic heterocycles. The summed E-state index contributed by atoms with van der Waals surface area (Å²) in [4.78, 5) is 19.9. The summed E-state index contributed by atoms with van der Waals surface area (Å²) in [5, 5.41) is 0. The van der Waals surface area contributed by atoms with Crippen LogP contribution in [0.15, 0.2) is 0 Å². The van der Waals surface area contributed by atoms with Crippen molar-refractivity contribution in [1.29, 1.82) is 0 Å². The van der Waals surface area contributed by atoms with Crippen LogP contribution in [-0.4, -0.2) is 47.9 Å². The molecule has 0 bridgehead atoms. The van der Waals surface area contributed by atoms with Crippen molar-refractivity contribution < 1.29 is 4.79 Å². The highest BCUT2D eigenvalue weighted by atomic mass is 16.2. The van der Waals surface area contributed by atoms with E-state index in [2.05, 4.69) is 44.4 Å². The molecular formula is C57H116N2O. The van der Waals surface area contributed by atoms with Crippen LogP contribution in [0.5, 0.6) is 0 Å². The largest absolute Gasteiger partial charge is 0.341 e. The van der Waals surface area contributed by atoms with Gasteiger partial charge in [0.2, 0.25) is 5.91 Å². The van der Waals surface area contributed by atoms with E-state index in [0.29, 0.717) is 5.91 Å². The molecule has 0 radical (unpaired) electrons. The van der Waals surface area contributed by atoms with Crippen molar-refractivity contribution in [2.45, 2.75) is 336 Å². The van der Waals surface area contributed by atoms with Gasteiger partial charge in [-0.05, 0) is 45.2 Å². The first-order valence-corrected chi connectivity index (χ1v) is 28.7. The fraction of sp³-hybridized carbons (Fsp3) is 0.982.